The van der Waals surface area contributed by atoms with Crippen LogP contribution in [0.1, 0.15) is 76.5 Å². The quantitative estimate of drug-likeness (QED) is 0.120. The van der Waals surface area contributed by atoms with Crippen molar-refractivity contribution in [3.8, 4) is 0 Å². The summed E-state index contributed by atoms with van der Waals surface area (Å²) in [6, 6.07) is 43.2. The fraction of sp³-hybridized carbons (Fsp3) is 0.263. The molecule has 0 aliphatic carbocycles. The molecule has 0 spiro atoms. The summed E-state index contributed by atoms with van der Waals surface area (Å²) in [6.07, 6.45) is -0.0653. The Hall–Kier alpha value is -2.98. The Morgan fingerprint density at radius 3 is 1.57 bits per heavy atom. The third kappa shape index (κ3) is 7.89. The average Bonchev–Trinajstić information content (AvgIpc) is 3.45. The summed E-state index contributed by atoms with van der Waals surface area (Å²) < 4.78 is 14.4. The van der Waals surface area contributed by atoms with Crippen molar-refractivity contribution in [2.75, 3.05) is 0 Å². The summed E-state index contributed by atoms with van der Waals surface area (Å²) in [4.78, 5) is 3.23. The molecule has 1 heterocycles. The monoisotopic (exact) mass is 640 g/mol. The van der Waals surface area contributed by atoms with E-state index < -0.39 is 0 Å². The summed E-state index contributed by atoms with van der Waals surface area (Å²) in [5.74, 6) is 0.340. The van der Waals surface area contributed by atoms with Crippen molar-refractivity contribution in [2.24, 2.45) is 0 Å². The second-order valence-corrected chi connectivity index (χ2v) is 15.0. The zero-order chi connectivity index (χ0) is 29.3. The second-order valence-electron chi connectivity index (χ2n) is 10.8. The molecule has 2 nitrogen and oxygen atoms in total. The van der Waals surface area contributed by atoms with Gasteiger partial charge in [-0.05, 0) is 0 Å². The van der Waals surface area contributed by atoms with E-state index in [2.05, 4.69) is 137 Å². The molecule has 1 aromatic heterocycles. The Bertz CT molecular complexity index is 1450. The van der Waals surface area contributed by atoms with E-state index in [1.54, 1.807) is 0 Å². The molecule has 0 radical (unpaired) electrons. The molecule has 4 atom stereocenters. The first kappa shape index (κ1) is 30.5. The van der Waals surface area contributed by atoms with Crippen molar-refractivity contribution in [3.63, 3.8) is 0 Å². The van der Waals surface area contributed by atoms with Crippen LogP contribution in [0.5, 0.6) is 0 Å². The first-order valence-electron chi connectivity index (χ1n) is 14.7. The van der Waals surface area contributed by atoms with Crippen LogP contribution in [-0.4, -0.2) is 15.0 Å². The number of benzene rings is 4. The molecule has 42 heavy (non-hydrogen) atoms. The molecular formula is C38H40O2SSe. The third-order valence-corrected chi connectivity index (χ3v) is 11.6. The van der Waals surface area contributed by atoms with Gasteiger partial charge >= 0.3 is 263 Å². The maximum absolute atomic E-state index is 6.50. The van der Waals surface area contributed by atoms with E-state index in [0.717, 1.165) is 0 Å². The van der Waals surface area contributed by atoms with Crippen LogP contribution in [0.25, 0.3) is 0 Å². The van der Waals surface area contributed by atoms with Crippen LogP contribution in [0.3, 0.4) is 0 Å². The molecule has 0 amide bonds. The van der Waals surface area contributed by atoms with E-state index >= 15 is 0 Å². The van der Waals surface area contributed by atoms with Crippen LogP contribution in [0, 0.1) is 6.92 Å². The van der Waals surface area contributed by atoms with Crippen LogP contribution in [0.15, 0.2) is 121 Å². The summed E-state index contributed by atoms with van der Waals surface area (Å²) in [5, 5.41) is 0. The summed E-state index contributed by atoms with van der Waals surface area (Å²) in [7, 11) is 0. The normalized spacial score (nSPS) is 14.3. The first-order chi connectivity index (χ1) is 20.5. The van der Waals surface area contributed by atoms with Gasteiger partial charge in [0, 0.05) is 0 Å². The molecular weight excluding hydrogens is 599 g/mol. The molecule has 0 saturated heterocycles. The summed E-state index contributed by atoms with van der Waals surface area (Å²) >= 11 is 2.09. The first-order valence-corrected chi connectivity index (χ1v) is 17.4. The number of aryl methyl sites for hydroxylation is 1. The van der Waals surface area contributed by atoms with Gasteiger partial charge in [-0.25, -0.2) is 0 Å². The Morgan fingerprint density at radius 1 is 0.595 bits per heavy atom. The topological polar surface area (TPSA) is 18.5 Å². The van der Waals surface area contributed by atoms with E-state index in [4.69, 9.17) is 9.47 Å². The van der Waals surface area contributed by atoms with Crippen molar-refractivity contribution in [1.29, 1.82) is 0 Å². The van der Waals surface area contributed by atoms with Gasteiger partial charge in [0.25, 0.3) is 0 Å². The minimum atomic E-state index is -0.0327. The maximum atomic E-state index is 6.50. The van der Waals surface area contributed by atoms with Gasteiger partial charge in [0.15, 0.2) is 0 Å². The van der Waals surface area contributed by atoms with Crippen molar-refractivity contribution in [3.05, 3.63) is 159 Å². The summed E-state index contributed by atoms with van der Waals surface area (Å²) in [5.41, 5.74) is 6.32. The minimum absolute atomic E-state index is 0.0327. The zero-order valence-electron chi connectivity index (χ0n) is 24.9. The van der Waals surface area contributed by atoms with Crippen molar-refractivity contribution in [1.82, 2.24) is 0 Å². The van der Waals surface area contributed by atoms with Crippen LogP contribution < -0.4 is 4.46 Å². The van der Waals surface area contributed by atoms with E-state index in [1.807, 2.05) is 23.5 Å². The Balaban J connectivity index is 1.47. The second kappa shape index (κ2) is 15.0. The average molecular weight is 640 g/mol. The van der Waals surface area contributed by atoms with E-state index in [1.165, 1.54) is 42.0 Å². The van der Waals surface area contributed by atoms with E-state index in [0.29, 0.717) is 23.9 Å². The number of ether oxygens (including phenoxy) is 2. The molecule has 4 heteroatoms. The Labute approximate surface area is 261 Å². The number of hydrogen-bond acceptors (Lipinski definition) is 3. The molecule has 0 fully saturated rings. The zero-order valence-corrected chi connectivity index (χ0v) is 27.4. The fourth-order valence-corrected chi connectivity index (χ4v) is 9.88. The van der Waals surface area contributed by atoms with Gasteiger partial charge in [-0.3, -0.25) is 0 Å². The number of rotatable bonds is 13. The molecule has 5 rings (SSSR count). The molecule has 0 N–H and O–H groups in total. The predicted octanol–water partition coefficient (Wildman–Crippen LogP) is 9.58. The van der Waals surface area contributed by atoms with Gasteiger partial charge < -0.3 is 0 Å². The fourth-order valence-electron chi connectivity index (χ4n) is 5.32. The Kier molecular flexibility index (Phi) is 10.9. The van der Waals surface area contributed by atoms with Crippen molar-refractivity contribution >= 4 is 30.8 Å². The molecule has 0 aliphatic rings. The SMILES string of the molecule is Cc1ccc([C@@H](c2ccccc2)[C@@H](C)[Se]c2c([C@@H](C)OCc3ccccc3)cccc2[C@@H](C)OCc2ccccc2)s1. The van der Waals surface area contributed by atoms with Gasteiger partial charge in [-0.15, -0.1) is 0 Å². The van der Waals surface area contributed by atoms with Gasteiger partial charge in [-0.1, -0.05) is 0 Å². The Morgan fingerprint density at radius 2 is 1.10 bits per heavy atom. The van der Waals surface area contributed by atoms with Crippen LogP contribution in [-0.2, 0) is 22.7 Å². The van der Waals surface area contributed by atoms with Gasteiger partial charge in [0.2, 0.25) is 0 Å². The number of hydrogen-bond donors (Lipinski definition) is 0. The van der Waals surface area contributed by atoms with Crippen LogP contribution in [0.2, 0.25) is 4.82 Å². The van der Waals surface area contributed by atoms with Crippen LogP contribution in [0.4, 0.5) is 0 Å². The molecule has 0 unspecified atom stereocenters. The molecule has 4 aromatic carbocycles. The molecule has 0 aliphatic heterocycles. The van der Waals surface area contributed by atoms with Gasteiger partial charge in [0.1, 0.15) is 0 Å². The molecule has 0 bridgehead atoms. The standard InChI is InChI=1S/C38H40O2SSe/c1-27-23-24-36(41-27)37(33-19-12-7-13-20-33)30(4)42-38-34(28(2)39-25-31-15-8-5-9-16-31)21-14-22-35(38)29(3)40-26-32-17-10-6-11-18-32/h5-24,28-30,37H,25-26H2,1-4H3/t28-,29-,30-,37-/m1/s1. The number of thiophene rings is 1. The van der Waals surface area contributed by atoms with Gasteiger partial charge in [0.05, 0.1) is 0 Å². The predicted molar refractivity (Wildman–Crippen MR) is 178 cm³/mol. The van der Waals surface area contributed by atoms with Crippen LogP contribution >= 0.6 is 11.3 Å². The van der Waals surface area contributed by atoms with Gasteiger partial charge in [-0.2, -0.15) is 0 Å². The molecule has 0 saturated carbocycles. The molecule has 216 valence electrons. The molecule has 5 aromatic rings. The third-order valence-electron chi connectivity index (χ3n) is 7.64. The van der Waals surface area contributed by atoms with Crippen molar-refractivity contribution in [2.45, 2.75) is 63.9 Å². The van der Waals surface area contributed by atoms with E-state index in [9.17, 15) is 0 Å². The van der Waals surface area contributed by atoms with Crippen molar-refractivity contribution < 1.29 is 9.47 Å². The summed E-state index contributed by atoms with van der Waals surface area (Å²) in [6.45, 7) is 10.2. The van der Waals surface area contributed by atoms with E-state index in [-0.39, 0.29) is 27.2 Å².